The van der Waals surface area contributed by atoms with Gasteiger partial charge < -0.3 is 13.8 Å². The van der Waals surface area contributed by atoms with Crippen molar-refractivity contribution < 1.29 is 13.7 Å². The first-order valence-corrected chi connectivity index (χ1v) is 9.86. The largest absolute Gasteiger partial charge is 0.467 e. The van der Waals surface area contributed by atoms with Crippen LogP contribution >= 0.6 is 0 Å². The van der Waals surface area contributed by atoms with E-state index >= 15 is 0 Å². The van der Waals surface area contributed by atoms with Gasteiger partial charge in [0.25, 0.3) is 0 Å². The average molecular weight is 390 g/mol. The van der Waals surface area contributed by atoms with Crippen molar-refractivity contribution in [3.63, 3.8) is 0 Å². The monoisotopic (exact) mass is 390 g/mol. The summed E-state index contributed by atoms with van der Waals surface area (Å²) in [7, 11) is 1.98. The molecule has 0 unspecified atom stereocenters. The van der Waals surface area contributed by atoms with Gasteiger partial charge in [0.05, 0.1) is 31.5 Å². The van der Waals surface area contributed by atoms with Gasteiger partial charge in [-0.25, -0.2) is 0 Å². The molecular weight excluding hydrogens is 368 g/mol. The van der Waals surface area contributed by atoms with Crippen LogP contribution in [0.25, 0.3) is 11.0 Å². The highest BCUT2D eigenvalue weighted by Gasteiger charge is 2.25. The zero-order valence-corrected chi connectivity index (χ0v) is 16.3. The Bertz CT molecular complexity index is 1160. The Hall–Kier alpha value is -3.35. The van der Waals surface area contributed by atoms with Crippen LogP contribution in [-0.2, 0) is 44.2 Å². The van der Waals surface area contributed by atoms with Crippen molar-refractivity contribution in [2.24, 2.45) is 7.05 Å². The van der Waals surface area contributed by atoms with Gasteiger partial charge in [0.2, 0.25) is 5.91 Å². The van der Waals surface area contributed by atoms with E-state index < -0.39 is 0 Å². The smallest absolute Gasteiger partial charge is 0.229 e. The number of hydrogen-bond donors (Lipinski definition) is 0. The second kappa shape index (κ2) is 7.24. The molecule has 0 aliphatic heterocycles. The van der Waals surface area contributed by atoms with Crippen molar-refractivity contribution in [2.75, 3.05) is 0 Å². The van der Waals surface area contributed by atoms with E-state index in [1.807, 2.05) is 48.1 Å². The number of carbonyl (C=O) groups excluding carboxylic acids is 1. The first-order chi connectivity index (χ1) is 14.2. The molecule has 0 fully saturated rings. The predicted molar refractivity (Wildman–Crippen MR) is 106 cm³/mol. The molecule has 29 heavy (non-hydrogen) atoms. The fourth-order valence-corrected chi connectivity index (χ4v) is 4.15. The maximum absolute atomic E-state index is 13.3. The van der Waals surface area contributed by atoms with Gasteiger partial charge in [0.15, 0.2) is 5.58 Å². The number of nitrogens with zero attached hydrogens (tertiary/aromatic N) is 4. The van der Waals surface area contributed by atoms with E-state index in [1.54, 1.807) is 11.2 Å². The summed E-state index contributed by atoms with van der Waals surface area (Å²) in [4.78, 5) is 15.1. The summed E-state index contributed by atoms with van der Waals surface area (Å²) in [6.07, 6.45) is 5.02. The second-order valence-corrected chi connectivity index (χ2v) is 7.48. The molecular formula is C22H22N4O3. The standard InChI is InChI=1S/C22H22N4O3/c1-25-20-9-4-8-16(20)19(23-25)14-26(13-15-6-5-11-28-15)22(27)12-18-17-7-2-3-10-21(17)29-24-18/h2-3,5-7,10-11H,4,8-9,12-14H2,1H3. The number of fused-ring (bicyclic) bond motifs is 2. The summed E-state index contributed by atoms with van der Waals surface area (Å²) >= 11 is 0. The molecule has 4 aromatic rings. The Morgan fingerprint density at radius 2 is 2.03 bits per heavy atom. The van der Waals surface area contributed by atoms with Crippen molar-refractivity contribution in [2.45, 2.75) is 38.8 Å². The summed E-state index contributed by atoms with van der Waals surface area (Å²) in [5.74, 6) is 0.716. The molecule has 3 aromatic heterocycles. The van der Waals surface area contributed by atoms with Gasteiger partial charge in [-0.1, -0.05) is 17.3 Å². The molecule has 1 aliphatic rings. The molecule has 0 N–H and O–H groups in total. The number of para-hydroxylation sites is 1. The summed E-state index contributed by atoms with van der Waals surface area (Å²) in [5.41, 5.74) is 4.89. The number of amides is 1. The molecule has 0 spiro atoms. The first-order valence-electron chi connectivity index (χ1n) is 9.86. The molecule has 1 aliphatic carbocycles. The maximum atomic E-state index is 13.3. The van der Waals surface area contributed by atoms with Crippen molar-refractivity contribution in [3.8, 4) is 0 Å². The number of aryl methyl sites for hydroxylation is 1. The SMILES string of the molecule is Cn1nc(CN(Cc2ccco2)C(=O)Cc2noc3ccccc23)c2c1CCC2. The van der Waals surface area contributed by atoms with Crippen molar-refractivity contribution in [1.29, 1.82) is 0 Å². The van der Waals surface area contributed by atoms with Gasteiger partial charge in [-0.2, -0.15) is 5.10 Å². The Balaban J connectivity index is 1.42. The van der Waals surface area contributed by atoms with E-state index in [0.29, 0.717) is 24.4 Å². The second-order valence-electron chi connectivity index (χ2n) is 7.48. The van der Waals surface area contributed by atoms with Crippen molar-refractivity contribution in [1.82, 2.24) is 19.8 Å². The van der Waals surface area contributed by atoms with E-state index in [2.05, 4.69) is 10.3 Å². The third-order valence-corrected chi connectivity index (χ3v) is 5.59. The maximum Gasteiger partial charge on any atom is 0.229 e. The summed E-state index contributed by atoms with van der Waals surface area (Å²) in [6.45, 7) is 0.853. The summed E-state index contributed by atoms with van der Waals surface area (Å²) in [5, 5.41) is 9.68. The van der Waals surface area contributed by atoms with Gasteiger partial charge in [-0.15, -0.1) is 0 Å². The van der Waals surface area contributed by atoms with E-state index in [1.165, 1.54) is 11.3 Å². The quantitative estimate of drug-likeness (QED) is 0.504. The Morgan fingerprint density at radius 3 is 2.90 bits per heavy atom. The van der Waals surface area contributed by atoms with Gasteiger partial charge in [0, 0.05) is 18.1 Å². The van der Waals surface area contributed by atoms with Crippen LogP contribution in [0.1, 0.15) is 34.8 Å². The van der Waals surface area contributed by atoms with Crippen molar-refractivity contribution in [3.05, 3.63) is 71.1 Å². The molecule has 0 bridgehead atoms. The lowest BCUT2D eigenvalue weighted by Gasteiger charge is -2.21. The minimum atomic E-state index is -0.0298. The van der Waals surface area contributed by atoms with Crippen LogP contribution in [-0.4, -0.2) is 25.7 Å². The Morgan fingerprint density at radius 1 is 1.14 bits per heavy atom. The van der Waals surface area contributed by atoms with E-state index in [9.17, 15) is 4.79 Å². The topological polar surface area (TPSA) is 77.3 Å². The minimum Gasteiger partial charge on any atom is -0.467 e. The van der Waals surface area contributed by atoms with Gasteiger partial charge in [-0.05, 0) is 49.1 Å². The number of rotatable bonds is 6. The number of furan rings is 1. The zero-order chi connectivity index (χ0) is 19.8. The Labute approximate surface area is 167 Å². The zero-order valence-electron chi connectivity index (χ0n) is 16.3. The van der Waals surface area contributed by atoms with Gasteiger partial charge >= 0.3 is 0 Å². The number of hydrogen-bond acceptors (Lipinski definition) is 5. The van der Waals surface area contributed by atoms with Gasteiger partial charge in [-0.3, -0.25) is 9.48 Å². The van der Waals surface area contributed by atoms with Crippen LogP contribution < -0.4 is 0 Å². The van der Waals surface area contributed by atoms with Crippen LogP contribution in [0, 0.1) is 0 Å². The molecule has 0 saturated carbocycles. The molecule has 148 valence electrons. The molecule has 1 amide bonds. The highest BCUT2D eigenvalue weighted by atomic mass is 16.5. The normalized spacial score (nSPS) is 13.1. The molecule has 0 atom stereocenters. The highest BCUT2D eigenvalue weighted by Crippen LogP contribution is 2.26. The third kappa shape index (κ3) is 3.33. The molecule has 3 heterocycles. The molecule has 7 heteroatoms. The van der Waals surface area contributed by atoms with Crippen LogP contribution in [0.3, 0.4) is 0 Å². The van der Waals surface area contributed by atoms with Crippen LogP contribution in [0.15, 0.2) is 51.6 Å². The first kappa shape index (κ1) is 17.7. The van der Waals surface area contributed by atoms with Crippen molar-refractivity contribution >= 4 is 16.9 Å². The van der Waals surface area contributed by atoms with E-state index in [0.717, 1.165) is 36.1 Å². The fourth-order valence-electron chi connectivity index (χ4n) is 4.15. The number of benzene rings is 1. The molecule has 1 aromatic carbocycles. The van der Waals surface area contributed by atoms with Crippen LogP contribution in [0.5, 0.6) is 0 Å². The minimum absolute atomic E-state index is 0.0298. The molecule has 0 radical (unpaired) electrons. The predicted octanol–water partition coefficient (Wildman–Crippen LogP) is 3.41. The fraction of sp³-hybridized carbons (Fsp3) is 0.318. The summed E-state index contributed by atoms with van der Waals surface area (Å²) in [6, 6.07) is 11.3. The molecule has 0 saturated heterocycles. The number of carbonyl (C=O) groups is 1. The highest BCUT2D eigenvalue weighted by molar-refractivity contribution is 5.86. The van der Waals surface area contributed by atoms with E-state index in [-0.39, 0.29) is 12.3 Å². The van der Waals surface area contributed by atoms with Crippen LogP contribution in [0.2, 0.25) is 0 Å². The lowest BCUT2D eigenvalue weighted by Crippen LogP contribution is -2.32. The van der Waals surface area contributed by atoms with Gasteiger partial charge in [0.1, 0.15) is 11.5 Å². The van der Waals surface area contributed by atoms with E-state index in [4.69, 9.17) is 8.94 Å². The lowest BCUT2D eigenvalue weighted by molar-refractivity contribution is -0.132. The lowest BCUT2D eigenvalue weighted by atomic mass is 10.1. The van der Waals surface area contributed by atoms with Crippen LogP contribution in [0.4, 0.5) is 0 Å². The Kier molecular flexibility index (Phi) is 4.42. The third-order valence-electron chi connectivity index (χ3n) is 5.59. The molecule has 5 rings (SSSR count). The number of aromatic nitrogens is 3. The molecule has 7 nitrogen and oxygen atoms in total. The summed E-state index contributed by atoms with van der Waals surface area (Å²) < 4.78 is 12.8. The average Bonchev–Trinajstić information content (AvgIpc) is 3.50.